The van der Waals surface area contributed by atoms with Crippen molar-refractivity contribution in [1.82, 2.24) is 9.97 Å². The van der Waals surface area contributed by atoms with Crippen molar-refractivity contribution >= 4 is 22.4 Å². The summed E-state index contributed by atoms with van der Waals surface area (Å²) in [6, 6.07) is 1.45. The zero-order valence-electron chi connectivity index (χ0n) is 9.81. The van der Waals surface area contributed by atoms with Crippen LogP contribution in [0.4, 0.5) is 11.4 Å². The average Bonchev–Trinajstić information content (AvgIpc) is 2.29. The number of benzene rings is 1. The van der Waals surface area contributed by atoms with Crippen LogP contribution in [0.1, 0.15) is 11.3 Å². The molecular formula is C11H12N4O2. The Hall–Kier alpha value is -2.24. The van der Waals surface area contributed by atoms with Gasteiger partial charge in [0.1, 0.15) is 5.69 Å². The lowest BCUT2D eigenvalue weighted by molar-refractivity contribution is -0.383. The predicted octanol–water partition coefficient (Wildman–Crippen LogP) is 2.20. The largest absolute Gasteiger partial charge is 0.382 e. The van der Waals surface area contributed by atoms with Crippen molar-refractivity contribution in [2.45, 2.75) is 13.8 Å². The number of nitrogens with one attached hydrogen (secondary N) is 1. The minimum atomic E-state index is -0.417. The van der Waals surface area contributed by atoms with Crippen LogP contribution in [0.5, 0.6) is 0 Å². The van der Waals surface area contributed by atoms with Crippen molar-refractivity contribution in [3.05, 3.63) is 33.6 Å². The summed E-state index contributed by atoms with van der Waals surface area (Å²) in [4.78, 5) is 19.1. The number of hydrogen-bond donors (Lipinski definition) is 1. The van der Waals surface area contributed by atoms with E-state index in [4.69, 9.17) is 0 Å². The maximum atomic E-state index is 11.0. The maximum absolute atomic E-state index is 11.0. The second kappa shape index (κ2) is 3.97. The molecule has 1 aromatic carbocycles. The van der Waals surface area contributed by atoms with Gasteiger partial charge in [0.2, 0.25) is 0 Å². The van der Waals surface area contributed by atoms with E-state index in [1.807, 2.05) is 6.92 Å². The summed E-state index contributed by atoms with van der Waals surface area (Å²) in [5.74, 6) is 0. The van der Waals surface area contributed by atoms with Gasteiger partial charge in [-0.1, -0.05) is 0 Å². The minimum absolute atomic E-state index is 0.0238. The molecule has 0 amide bonds. The van der Waals surface area contributed by atoms with Crippen molar-refractivity contribution in [3.63, 3.8) is 0 Å². The Balaban J connectivity index is 2.87. The zero-order valence-corrected chi connectivity index (χ0v) is 9.81. The Kier molecular flexibility index (Phi) is 2.63. The fourth-order valence-corrected chi connectivity index (χ4v) is 1.84. The second-order valence-electron chi connectivity index (χ2n) is 3.78. The van der Waals surface area contributed by atoms with Crippen LogP contribution in [-0.4, -0.2) is 21.9 Å². The SMILES string of the molecule is CNc1c([N+](=O)[O-])cc2ncc(C)nc2c1C. The first-order chi connectivity index (χ1) is 8.04. The van der Waals surface area contributed by atoms with Crippen molar-refractivity contribution < 1.29 is 4.92 Å². The van der Waals surface area contributed by atoms with E-state index in [0.29, 0.717) is 16.7 Å². The van der Waals surface area contributed by atoms with Crippen LogP contribution < -0.4 is 5.32 Å². The van der Waals surface area contributed by atoms with Crippen LogP contribution in [0, 0.1) is 24.0 Å². The molecule has 0 aliphatic rings. The Morgan fingerprint density at radius 3 is 2.71 bits per heavy atom. The molecular weight excluding hydrogens is 220 g/mol. The quantitative estimate of drug-likeness (QED) is 0.634. The molecule has 2 aromatic rings. The van der Waals surface area contributed by atoms with E-state index < -0.39 is 4.92 Å². The first kappa shape index (κ1) is 11.3. The molecule has 6 heteroatoms. The Labute approximate surface area is 97.9 Å². The summed E-state index contributed by atoms with van der Waals surface area (Å²) in [5, 5.41) is 13.8. The van der Waals surface area contributed by atoms with Crippen LogP contribution in [0.25, 0.3) is 11.0 Å². The topological polar surface area (TPSA) is 81.0 Å². The van der Waals surface area contributed by atoms with Crippen LogP contribution >= 0.6 is 0 Å². The third-order valence-electron chi connectivity index (χ3n) is 2.63. The standard InChI is InChI=1S/C11H12N4O2/c1-6-5-13-8-4-9(15(16)17)11(12-3)7(2)10(8)14-6/h4-5,12H,1-3H3. The third kappa shape index (κ3) is 1.77. The van der Waals surface area contributed by atoms with Gasteiger partial charge in [0.25, 0.3) is 5.69 Å². The minimum Gasteiger partial charge on any atom is -0.382 e. The zero-order chi connectivity index (χ0) is 12.6. The Bertz CT molecular complexity index is 610. The summed E-state index contributed by atoms with van der Waals surface area (Å²) < 4.78 is 0. The van der Waals surface area contributed by atoms with E-state index in [1.54, 1.807) is 20.2 Å². The van der Waals surface area contributed by atoms with Gasteiger partial charge in [0, 0.05) is 24.9 Å². The van der Waals surface area contributed by atoms with Crippen molar-refractivity contribution in [1.29, 1.82) is 0 Å². The van der Waals surface area contributed by atoms with Gasteiger partial charge in [-0.25, -0.2) is 4.98 Å². The average molecular weight is 232 g/mol. The first-order valence-corrected chi connectivity index (χ1v) is 5.13. The number of aromatic nitrogens is 2. The number of fused-ring (bicyclic) bond motifs is 1. The highest BCUT2D eigenvalue weighted by Crippen LogP contribution is 2.32. The molecule has 0 fully saturated rings. The molecule has 17 heavy (non-hydrogen) atoms. The van der Waals surface area contributed by atoms with Crippen LogP contribution in [0.2, 0.25) is 0 Å². The van der Waals surface area contributed by atoms with Gasteiger partial charge in [0.05, 0.1) is 21.7 Å². The summed E-state index contributed by atoms with van der Waals surface area (Å²) in [5.41, 5.74) is 3.28. The van der Waals surface area contributed by atoms with Gasteiger partial charge < -0.3 is 5.32 Å². The number of nitro benzene ring substituents is 1. The molecule has 0 atom stereocenters. The lowest BCUT2D eigenvalue weighted by Gasteiger charge is -2.09. The fraction of sp³-hybridized carbons (Fsp3) is 0.273. The fourth-order valence-electron chi connectivity index (χ4n) is 1.84. The summed E-state index contributed by atoms with van der Waals surface area (Å²) in [6.45, 7) is 3.64. The summed E-state index contributed by atoms with van der Waals surface area (Å²) in [7, 11) is 1.66. The number of hydrogen-bond acceptors (Lipinski definition) is 5. The Morgan fingerprint density at radius 1 is 1.41 bits per heavy atom. The summed E-state index contributed by atoms with van der Waals surface area (Å²) >= 11 is 0. The first-order valence-electron chi connectivity index (χ1n) is 5.13. The van der Waals surface area contributed by atoms with Crippen molar-refractivity contribution in [2.24, 2.45) is 0 Å². The van der Waals surface area contributed by atoms with Gasteiger partial charge in [-0.2, -0.15) is 0 Å². The normalized spacial score (nSPS) is 10.5. The molecule has 0 aliphatic heterocycles. The van der Waals surface area contributed by atoms with Crippen molar-refractivity contribution in [2.75, 3.05) is 12.4 Å². The molecule has 0 aliphatic carbocycles. The molecule has 0 bridgehead atoms. The number of nitrogens with zero attached hydrogens (tertiary/aromatic N) is 3. The molecule has 0 radical (unpaired) electrons. The Morgan fingerprint density at radius 2 is 2.12 bits per heavy atom. The van der Waals surface area contributed by atoms with Gasteiger partial charge in [-0.05, 0) is 13.8 Å². The number of aryl methyl sites for hydroxylation is 2. The lowest BCUT2D eigenvalue weighted by Crippen LogP contribution is -2.01. The van der Waals surface area contributed by atoms with E-state index in [2.05, 4.69) is 15.3 Å². The highest BCUT2D eigenvalue weighted by molar-refractivity contribution is 5.89. The number of anilines is 1. The molecule has 2 rings (SSSR count). The molecule has 1 heterocycles. The van der Waals surface area contributed by atoms with Crippen molar-refractivity contribution in [3.8, 4) is 0 Å². The molecule has 0 saturated carbocycles. The van der Waals surface area contributed by atoms with E-state index in [9.17, 15) is 10.1 Å². The highest BCUT2D eigenvalue weighted by atomic mass is 16.6. The smallest absolute Gasteiger partial charge is 0.294 e. The molecule has 1 aromatic heterocycles. The van der Waals surface area contributed by atoms with E-state index >= 15 is 0 Å². The highest BCUT2D eigenvalue weighted by Gasteiger charge is 2.19. The molecule has 0 unspecified atom stereocenters. The third-order valence-corrected chi connectivity index (χ3v) is 2.63. The second-order valence-corrected chi connectivity index (χ2v) is 3.78. The number of rotatable bonds is 2. The molecule has 88 valence electrons. The number of nitro groups is 1. The van der Waals surface area contributed by atoms with E-state index in [1.165, 1.54) is 6.07 Å². The van der Waals surface area contributed by atoms with Gasteiger partial charge in [-0.3, -0.25) is 15.1 Å². The molecule has 6 nitrogen and oxygen atoms in total. The maximum Gasteiger partial charge on any atom is 0.294 e. The van der Waals surface area contributed by atoms with E-state index in [0.717, 1.165) is 11.3 Å². The van der Waals surface area contributed by atoms with Gasteiger partial charge >= 0.3 is 0 Å². The van der Waals surface area contributed by atoms with Crippen LogP contribution in [0.15, 0.2) is 12.3 Å². The van der Waals surface area contributed by atoms with E-state index in [-0.39, 0.29) is 5.69 Å². The monoisotopic (exact) mass is 232 g/mol. The molecule has 0 saturated heterocycles. The molecule has 1 N–H and O–H groups in total. The molecule has 0 spiro atoms. The van der Waals surface area contributed by atoms with Gasteiger partial charge in [0.15, 0.2) is 0 Å². The predicted molar refractivity (Wildman–Crippen MR) is 65.2 cm³/mol. The van der Waals surface area contributed by atoms with Gasteiger partial charge in [-0.15, -0.1) is 0 Å². The lowest BCUT2D eigenvalue weighted by atomic mass is 10.1. The van der Waals surface area contributed by atoms with Crippen LogP contribution in [0.3, 0.4) is 0 Å². The summed E-state index contributed by atoms with van der Waals surface area (Å²) in [6.07, 6.45) is 1.60. The van der Waals surface area contributed by atoms with Crippen LogP contribution in [-0.2, 0) is 0 Å².